The highest BCUT2D eigenvalue weighted by atomic mass is 79.9. The summed E-state index contributed by atoms with van der Waals surface area (Å²) in [5.74, 6) is 0.338. The Bertz CT molecular complexity index is 237. The Morgan fingerprint density at radius 1 is 1.50 bits per heavy atom. The Hall–Kier alpha value is -0.0200. The van der Waals surface area contributed by atoms with E-state index in [9.17, 15) is 4.39 Å². The van der Waals surface area contributed by atoms with Crippen molar-refractivity contribution in [2.75, 3.05) is 0 Å². The van der Waals surface area contributed by atoms with E-state index in [1.807, 2.05) is 0 Å². The van der Waals surface area contributed by atoms with Crippen LogP contribution < -0.4 is 0 Å². The number of halogens is 2. The van der Waals surface area contributed by atoms with Crippen LogP contribution >= 0.6 is 28.6 Å². The van der Waals surface area contributed by atoms with Gasteiger partial charge < -0.3 is 0 Å². The highest BCUT2D eigenvalue weighted by molar-refractivity contribution is 9.10. The number of thiol groups is 1. The van der Waals surface area contributed by atoms with Crippen LogP contribution in [-0.4, -0.2) is 0 Å². The minimum absolute atomic E-state index is 0.216. The maximum atomic E-state index is 12.5. The Kier molecular flexibility index (Phi) is 2.74. The summed E-state index contributed by atoms with van der Waals surface area (Å²) in [6.45, 7) is 0. The van der Waals surface area contributed by atoms with Crippen molar-refractivity contribution >= 4 is 28.6 Å². The van der Waals surface area contributed by atoms with Crippen molar-refractivity contribution in [3.05, 3.63) is 34.1 Å². The van der Waals surface area contributed by atoms with E-state index in [1.54, 1.807) is 6.07 Å². The van der Waals surface area contributed by atoms with Gasteiger partial charge in [0.15, 0.2) is 0 Å². The highest BCUT2D eigenvalue weighted by Gasteiger charge is 1.97. The molecule has 0 saturated heterocycles. The first-order valence-electron chi connectivity index (χ1n) is 2.79. The molecule has 0 radical (unpaired) electrons. The molecule has 0 aliphatic heterocycles. The second kappa shape index (κ2) is 3.39. The van der Waals surface area contributed by atoms with E-state index in [4.69, 9.17) is 0 Å². The smallest absolute Gasteiger partial charge is 0.123 e. The van der Waals surface area contributed by atoms with Gasteiger partial charge in [-0.15, -0.1) is 0 Å². The molecule has 0 aliphatic carbocycles. The molecular formula is C7H6BrFS. The Morgan fingerprint density at radius 2 is 2.20 bits per heavy atom. The molecule has 0 spiro atoms. The van der Waals surface area contributed by atoms with Gasteiger partial charge in [0.1, 0.15) is 5.82 Å². The van der Waals surface area contributed by atoms with Crippen molar-refractivity contribution in [2.24, 2.45) is 0 Å². The summed E-state index contributed by atoms with van der Waals surface area (Å²) in [6, 6.07) is 4.56. The normalized spacial score (nSPS) is 9.90. The van der Waals surface area contributed by atoms with Crippen molar-refractivity contribution in [1.29, 1.82) is 0 Å². The lowest BCUT2D eigenvalue weighted by Gasteiger charge is -1.98. The third-order valence-corrected chi connectivity index (χ3v) is 2.29. The van der Waals surface area contributed by atoms with Crippen LogP contribution in [0.2, 0.25) is 0 Å². The van der Waals surface area contributed by atoms with Crippen LogP contribution in [0.5, 0.6) is 0 Å². The van der Waals surface area contributed by atoms with Crippen molar-refractivity contribution in [3.63, 3.8) is 0 Å². The first kappa shape index (κ1) is 8.08. The largest absolute Gasteiger partial charge is 0.207 e. The molecule has 0 N–H and O–H groups in total. The van der Waals surface area contributed by atoms with Gasteiger partial charge in [-0.25, -0.2) is 4.39 Å². The second-order valence-corrected chi connectivity index (χ2v) is 3.06. The third kappa shape index (κ3) is 1.73. The van der Waals surface area contributed by atoms with E-state index in [-0.39, 0.29) is 5.82 Å². The van der Waals surface area contributed by atoms with Gasteiger partial charge in [0.2, 0.25) is 0 Å². The first-order valence-corrected chi connectivity index (χ1v) is 4.21. The molecule has 0 unspecified atom stereocenters. The van der Waals surface area contributed by atoms with Gasteiger partial charge in [0.05, 0.1) is 0 Å². The zero-order valence-electron chi connectivity index (χ0n) is 5.14. The van der Waals surface area contributed by atoms with Crippen LogP contribution in [0.1, 0.15) is 5.56 Å². The molecule has 0 nitrogen and oxygen atoms in total. The topological polar surface area (TPSA) is 0 Å². The summed E-state index contributed by atoms with van der Waals surface area (Å²) in [7, 11) is 0. The molecule has 0 aliphatic rings. The molecule has 54 valence electrons. The van der Waals surface area contributed by atoms with Crippen LogP contribution in [-0.2, 0) is 5.75 Å². The summed E-state index contributed by atoms with van der Waals surface area (Å²) in [6.07, 6.45) is 0. The van der Waals surface area contributed by atoms with E-state index in [0.717, 1.165) is 10.0 Å². The molecule has 3 heteroatoms. The van der Waals surface area contributed by atoms with Gasteiger partial charge in [0, 0.05) is 10.2 Å². The van der Waals surface area contributed by atoms with Crippen molar-refractivity contribution < 1.29 is 4.39 Å². The predicted octanol–water partition coefficient (Wildman–Crippen LogP) is 3.02. The summed E-state index contributed by atoms with van der Waals surface area (Å²) in [4.78, 5) is 0. The molecule has 1 aromatic carbocycles. The number of rotatable bonds is 1. The van der Waals surface area contributed by atoms with Crippen LogP contribution in [0, 0.1) is 5.82 Å². The molecule has 1 rings (SSSR count). The summed E-state index contributed by atoms with van der Waals surface area (Å²) >= 11 is 7.31. The summed E-state index contributed by atoms with van der Waals surface area (Å²) in [5, 5.41) is 0. The van der Waals surface area contributed by atoms with Crippen LogP contribution in [0.25, 0.3) is 0 Å². The van der Waals surface area contributed by atoms with Crippen LogP contribution in [0.4, 0.5) is 4.39 Å². The lowest BCUT2D eigenvalue weighted by atomic mass is 10.2. The molecule has 0 atom stereocenters. The fourth-order valence-corrected chi connectivity index (χ4v) is 1.53. The van der Waals surface area contributed by atoms with Crippen molar-refractivity contribution in [1.82, 2.24) is 0 Å². The predicted molar refractivity (Wildman–Crippen MR) is 46.8 cm³/mol. The molecule has 0 saturated carbocycles. The lowest BCUT2D eigenvalue weighted by molar-refractivity contribution is 0.626. The molecule has 0 amide bonds. The Labute approximate surface area is 73.0 Å². The van der Waals surface area contributed by atoms with Gasteiger partial charge in [-0.3, -0.25) is 0 Å². The molecule has 0 bridgehead atoms. The van der Waals surface area contributed by atoms with Crippen LogP contribution in [0.15, 0.2) is 22.7 Å². The fourth-order valence-electron chi connectivity index (χ4n) is 0.664. The SMILES string of the molecule is Fc1ccc(Br)c(CS)c1. The van der Waals surface area contributed by atoms with Crippen LogP contribution in [0.3, 0.4) is 0 Å². The minimum atomic E-state index is -0.216. The molecule has 10 heavy (non-hydrogen) atoms. The minimum Gasteiger partial charge on any atom is -0.207 e. The van der Waals surface area contributed by atoms with E-state index in [0.29, 0.717) is 5.75 Å². The monoisotopic (exact) mass is 220 g/mol. The van der Waals surface area contributed by atoms with Gasteiger partial charge in [-0.2, -0.15) is 12.6 Å². The van der Waals surface area contributed by atoms with Crippen molar-refractivity contribution in [2.45, 2.75) is 5.75 Å². The Balaban J connectivity index is 3.09. The maximum absolute atomic E-state index is 12.5. The molecule has 0 aromatic heterocycles. The number of benzene rings is 1. The second-order valence-electron chi connectivity index (χ2n) is 1.89. The van der Waals surface area contributed by atoms with Gasteiger partial charge in [-0.05, 0) is 23.8 Å². The zero-order chi connectivity index (χ0) is 7.56. The summed E-state index contributed by atoms with van der Waals surface area (Å²) < 4.78 is 13.4. The van der Waals surface area contributed by atoms with Gasteiger partial charge in [0.25, 0.3) is 0 Å². The Morgan fingerprint density at radius 3 is 2.70 bits per heavy atom. The zero-order valence-corrected chi connectivity index (χ0v) is 7.62. The lowest BCUT2D eigenvalue weighted by Crippen LogP contribution is -1.81. The molecule has 0 heterocycles. The maximum Gasteiger partial charge on any atom is 0.123 e. The van der Waals surface area contributed by atoms with E-state index in [1.165, 1.54) is 12.1 Å². The quantitative estimate of drug-likeness (QED) is 0.692. The average molecular weight is 221 g/mol. The number of hydrogen-bond donors (Lipinski definition) is 1. The van der Waals surface area contributed by atoms with E-state index < -0.39 is 0 Å². The standard InChI is InChI=1S/C7H6BrFS/c8-7-2-1-6(9)3-5(7)4-10/h1-3,10H,4H2. The highest BCUT2D eigenvalue weighted by Crippen LogP contribution is 2.18. The summed E-state index contributed by atoms with van der Waals surface area (Å²) in [5.41, 5.74) is 0.878. The third-order valence-electron chi connectivity index (χ3n) is 1.18. The molecular weight excluding hydrogens is 215 g/mol. The molecule has 1 aromatic rings. The fraction of sp³-hybridized carbons (Fsp3) is 0.143. The van der Waals surface area contributed by atoms with Gasteiger partial charge >= 0.3 is 0 Å². The first-order chi connectivity index (χ1) is 4.74. The average Bonchev–Trinajstić information content (AvgIpc) is 1.94. The number of hydrogen-bond acceptors (Lipinski definition) is 1. The molecule has 0 fully saturated rings. The van der Waals surface area contributed by atoms with Crippen molar-refractivity contribution in [3.8, 4) is 0 Å². The van der Waals surface area contributed by atoms with E-state index in [2.05, 4.69) is 28.6 Å². The van der Waals surface area contributed by atoms with E-state index >= 15 is 0 Å². The van der Waals surface area contributed by atoms with Gasteiger partial charge in [-0.1, -0.05) is 15.9 Å².